The maximum atomic E-state index is 12.9. The Morgan fingerprint density at radius 2 is 2.03 bits per heavy atom. The molecule has 0 aliphatic rings. The summed E-state index contributed by atoms with van der Waals surface area (Å²) in [7, 11) is 1.82. The van der Waals surface area contributed by atoms with Gasteiger partial charge in [0.1, 0.15) is 23.7 Å². The zero-order chi connectivity index (χ0) is 21.5. The summed E-state index contributed by atoms with van der Waals surface area (Å²) in [6.45, 7) is 1.73. The van der Waals surface area contributed by atoms with Gasteiger partial charge in [0.15, 0.2) is 0 Å². The summed E-state index contributed by atoms with van der Waals surface area (Å²) < 4.78 is 4.78. The summed E-state index contributed by atoms with van der Waals surface area (Å²) in [5.41, 5.74) is 3.38. The number of amides is 1. The highest BCUT2D eigenvalue weighted by Gasteiger charge is 2.18. The largest absolute Gasteiger partial charge is 0.308 e. The molecule has 0 saturated heterocycles. The van der Waals surface area contributed by atoms with Crippen molar-refractivity contribution in [1.29, 1.82) is 0 Å². The molecule has 0 atom stereocenters. The van der Waals surface area contributed by atoms with E-state index >= 15 is 0 Å². The number of aryl methyl sites for hydroxylation is 2. The van der Waals surface area contributed by atoms with E-state index in [1.807, 2.05) is 56.7 Å². The molecule has 4 heterocycles. The fraction of sp³-hybridized carbons (Fsp3) is 0.136. The molecule has 1 amide bonds. The Morgan fingerprint density at radius 1 is 1.16 bits per heavy atom. The third kappa shape index (κ3) is 3.25. The second-order valence-electron chi connectivity index (χ2n) is 7.34. The summed E-state index contributed by atoms with van der Waals surface area (Å²) in [5, 5.41) is 7.60. The van der Waals surface area contributed by atoms with Gasteiger partial charge in [-0.3, -0.25) is 23.2 Å². The highest BCUT2D eigenvalue weighted by Crippen LogP contribution is 2.28. The predicted octanol–water partition coefficient (Wildman–Crippen LogP) is 2.39. The number of fused-ring (bicyclic) bond motifs is 2. The lowest BCUT2D eigenvalue weighted by atomic mass is 10.1. The lowest BCUT2D eigenvalue weighted by Crippen LogP contribution is -2.28. The van der Waals surface area contributed by atoms with E-state index in [0.717, 1.165) is 11.1 Å². The molecule has 9 heteroatoms. The minimum Gasteiger partial charge on any atom is -0.308 e. The normalized spacial score (nSPS) is 11.3. The monoisotopic (exact) mass is 413 g/mol. The average molecular weight is 413 g/mol. The Kier molecular flexibility index (Phi) is 4.36. The number of aromatic nitrogens is 6. The first-order valence-corrected chi connectivity index (χ1v) is 9.72. The molecule has 1 aromatic carbocycles. The maximum Gasteiger partial charge on any atom is 0.261 e. The van der Waals surface area contributed by atoms with Crippen LogP contribution in [-0.2, 0) is 18.4 Å². The Hall–Kier alpha value is -4.27. The summed E-state index contributed by atoms with van der Waals surface area (Å²) in [6.07, 6.45) is 6.76. The van der Waals surface area contributed by atoms with E-state index in [9.17, 15) is 9.59 Å². The standard InChI is InChI=1S/C22H19N7O2/c1-14-6-5-7-16-19(14)23-13-28(22(16)31)12-18(30)26-21-20(15-10-24-27(2)11-15)25-17-8-3-4-9-29(17)21/h3-11,13H,12H2,1-2H3,(H,26,30). The second kappa shape index (κ2) is 7.21. The van der Waals surface area contributed by atoms with Crippen molar-refractivity contribution in [2.75, 3.05) is 5.32 Å². The van der Waals surface area contributed by atoms with Gasteiger partial charge in [-0.05, 0) is 30.7 Å². The van der Waals surface area contributed by atoms with Gasteiger partial charge >= 0.3 is 0 Å². The van der Waals surface area contributed by atoms with Crippen LogP contribution in [0.25, 0.3) is 27.8 Å². The predicted molar refractivity (Wildman–Crippen MR) is 117 cm³/mol. The third-order valence-electron chi connectivity index (χ3n) is 5.14. The number of hydrogen-bond acceptors (Lipinski definition) is 5. The van der Waals surface area contributed by atoms with Crippen molar-refractivity contribution in [2.45, 2.75) is 13.5 Å². The van der Waals surface area contributed by atoms with Crippen LogP contribution in [0.3, 0.4) is 0 Å². The van der Waals surface area contributed by atoms with Crippen molar-refractivity contribution in [3.8, 4) is 11.3 Å². The van der Waals surface area contributed by atoms with Crippen molar-refractivity contribution >= 4 is 28.3 Å². The van der Waals surface area contributed by atoms with Crippen LogP contribution >= 0.6 is 0 Å². The molecule has 0 radical (unpaired) electrons. The number of nitrogens with one attached hydrogen (secondary N) is 1. The Labute approximate surface area is 176 Å². The van der Waals surface area contributed by atoms with E-state index in [1.165, 1.54) is 10.9 Å². The topological polar surface area (TPSA) is 99.1 Å². The van der Waals surface area contributed by atoms with E-state index in [-0.39, 0.29) is 18.0 Å². The number of carbonyl (C=O) groups excluding carboxylic acids is 1. The van der Waals surface area contributed by atoms with Crippen molar-refractivity contribution in [2.24, 2.45) is 7.05 Å². The molecule has 0 fully saturated rings. The van der Waals surface area contributed by atoms with Gasteiger partial charge in [-0.25, -0.2) is 9.97 Å². The number of benzene rings is 1. The van der Waals surface area contributed by atoms with Crippen molar-refractivity contribution in [3.05, 3.63) is 77.2 Å². The first-order valence-electron chi connectivity index (χ1n) is 9.72. The number of hydrogen-bond donors (Lipinski definition) is 1. The summed E-state index contributed by atoms with van der Waals surface area (Å²) in [5.74, 6) is 0.165. The number of nitrogens with zero attached hydrogens (tertiary/aromatic N) is 6. The molecular formula is C22H19N7O2. The molecule has 1 N–H and O–H groups in total. The fourth-order valence-electron chi connectivity index (χ4n) is 3.64. The molecule has 154 valence electrons. The van der Waals surface area contributed by atoms with E-state index in [1.54, 1.807) is 21.3 Å². The first kappa shape index (κ1) is 18.7. The minimum atomic E-state index is -0.355. The fourth-order valence-corrected chi connectivity index (χ4v) is 3.64. The minimum absolute atomic E-state index is 0.164. The number of para-hydroxylation sites is 1. The van der Waals surface area contributed by atoms with Crippen molar-refractivity contribution < 1.29 is 4.79 Å². The maximum absolute atomic E-state index is 12.9. The number of anilines is 1. The van der Waals surface area contributed by atoms with Crippen LogP contribution in [0.15, 0.2) is 66.1 Å². The third-order valence-corrected chi connectivity index (χ3v) is 5.14. The molecular weight excluding hydrogens is 394 g/mol. The van der Waals surface area contributed by atoms with Crippen molar-refractivity contribution in [3.63, 3.8) is 0 Å². The smallest absolute Gasteiger partial charge is 0.261 e. The first-order chi connectivity index (χ1) is 15.0. The van der Waals surface area contributed by atoms with Gasteiger partial charge in [-0.2, -0.15) is 5.10 Å². The molecule has 0 bridgehead atoms. The molecule has 9 nitrogen and oxygen atoms in total. The molecule has 0 unspecified atom stereocenters. The van der Waals surface area contributed by atoms with E-state index in [4.69, 9.17) is 0 Å². The van der Waals surface area contributed by atoms with Gasteiger partial charge in [-0.15, -0.1) is 0 Å². The summed E-state index contributed by atoms with van der Waals surface area (Å²) in [4.78, 5) is 34.7. The quantitative estimate of drug-likeness (QED) is 0.488. The van der Waals surface area contributed by atoms with Crippen LogP contribution in [0.1, 0.15) is 5.56 Å². The molecule has 0 saturated carbocycles. The van der Waals surface area contributed by atoms with Gasteiger partial charge in [0.05, 0.1) is 23.4 Å². The van der Waals surface area contributed by atoms with Gasteiger partial charge in [0.25, 0.3) is 5.56 Å². The number of imidazole rings is 1. The van der Waals surface area contributed by atoms with Crippen LogP contribution in [0.5, 0.6) is 0 Å². The Bertz CT molecular complexity index is 1510. The Morgan fingerprint density at radius 3 is 2.84 bits per heavy atom. The molecule has 0 aliphatic carbocycles. The Balaban J connectivity index is 1.51. The van der Waals surface area contributed by atoms with Crippen LogP contribution in [-0.4, -0.2) is 34.6 Å². The van der Waals surface area contributed by atoms with Crippen LogP contribution in [0.2, 0.25) is 0 Å². The zero-order valence-electron chi connectivity index (χ0n) is 17.0. The number of pyridine rings is 1. The molecule has 5 aromatic rings. The lowest BCUT2D eigenvalue weighted by Gasteiger charge is -2.09. The number of rotatable bonds is 4. The molecule has 0 aliphatic heterocycles. The van der Waals surface area contributed by atoms with E-state index in [0.29, 0.717) is 28.1 Å². The summed E-state index contributed by atoms with van der Waals surface area (Å²) in [6, 6.07) is 11.0. The van der Waals surface area contributed by atoms with E-state index in [2.05, 4.69) is 20.4 Å². The van der Waals surface area contributed by atoms with Gasteiger partial charge < -0.3 is 5.32 Å². The highest BCUT2D eigenvalue weighted by molar-refractivity contribution is 5.94. The lowest BCUT2D eigenvalue weighted by molar-refractivity contribution is -0.116. The van der Waals surface area contributed by atoms with Crippen LogP contribution < -0.4 is 10.9 Å². The zero-order valence-corrected chi connectivity index (χ0v) is 17.0. The SMILES string of the molecule is Cc1cccc2c(=O)n(CC(=O)Nc3c(-c4cnn(C)c4)nc4ccccn34)cnc12. The van der Waals surface area contributed by atoms with Gasteiger partial charge in [0.2, 0.25) is 5.91 Å². The molecule has 31 heavy (non-hydrogen) atoms. The summed E-state index contributed by atoms with van der Waals surface area (Å²) >= 11 is 0. The molecule has 4 aromatic heterocycles. The second-order valence-corrected chi connectivity index (χ2v) is 7.34. The average Bonchev–Trinajstić information content (AvgIpc) is 3.34. The van der Waals surface area contributed by atoms with E-state index < -0.39 is 0 Å². The molecule has 5 rings (SSSR count). The van der Waals surface area contributed by atoms with Crippen LogP contribution in [0, 0.1) is 6.92 Å². The molecule has 0 spiro atoms. The van der Waals surface area contributed by atoms with Gasteiger partial charge in [-0.1, -0.05) is 18.2 Å². The highest BCUT2D eigenvalue weighted by atomic mass is 16.2. The number of carbonyl (C=O) groups is 1. The van der Waals surface area contributed by atoms with Crippen molar-refractivity contribution in [1.82, 2.24) is 28.7 Å². The van der Waals surface area contributed by atoms with Gasteiger partial charge in [0, 0.05) is 25.0 Å². The van der Waals surface area contributed by atoms with Crippen LogP contribution in [0.4, 0.5) is 5.82 Å².